The molecule has 0 atom stereocenters. The molecule has 0 aliphatic rings. The second-order valence-electron chi connectivity index (χ2n) is 4.93. The topological polar surface area (TPSA) is 37.4 Å². The highest BCUT2D eigenvalue weighted by Crippen LogP contribution is 2.14. The van der Waals surface area contributed by atoms with Crippen LogP contribution in [0, 0.1) is 0 Å². The van der Waals surface area contributed by atoms with E-state index in [1.165, 1.54) is 0 Å². The summed E-state index contributed by atoms with van der Waals surface area (Å²) in [5.74, 6) is 0.814. The first-order chi connectivity index (χ1) is 8.54. The summed E-state index contributed by atoms with van der Waals surface area (Å²) < 4.78 is 5.74. The minimum Gasteiger partial charge on any atom is -0.491 e. The molecule has 0 amide bonds. The normalized spacial score (nSPS) is 11.3. The van der Waals surface area contributed by atoms with Gasteiger partial charge in [0.15, 0.2) is 0 Å². The highest BCUT2D eigenvalue weighted by Gasteiger charge is 2.12. The van der Waals surface area contributed by atoms with Gasteiger partial charge in [0.1, 0.15) is 12.4 Å². The van der Waals surface area contributed by atoms with E-state index < -0.39 is 0 Å². The average molecular weight is 251 g/mol. The lowest BCUT2D eigenvalue weighted by atomic mass is 10.2. The molecule has 0 aromatic carbocycles. The minimum atomic E-state index is 0.537. The number of hydrogen-bond acceptors (Lipinski definition) is 4. The van der Waals surface area contributed by atoms with Gasteiger partial charge in [0, 0.05) is 31.7 Å². The van der Waals surface area contributed by atoms with E-state index in [0.29, 0.717) is 18.7 Å². The van der Waals surface area contributed by atoms with Crippen molar-refractivity contribution < 1.29 is 4.74 Å². The second-order valence-corrected chi connectivity index (χ2v) is 4.93. The van der Waals surface area contributed by atoms with E-state index in [9.17, 15) is 0 Å². The van der Waals surface area contributed by atoms with Crippen LogP contribution in [0.15, 0.2) is 18.5 Å². The van der Waals surface area contributed by atoms with E-state index in [1.807, 2.05) is 13.1 Å². The summed E-state index contributed by atoms with van der Waals surface area (Å²) in [5.41, 5.74) is 0.970. The van der Waals surface area contributed by atoms with E-state index >= 15 is 0 Å². The summed E-state index contributed by atoms with van der Waals surface area (Å²) in [6, 6.07) is 3.04. The van der Waals surface area contributed by atoms with Crippen LogP contribution in [0.2, 0.25) is 0 Å². The first kappa shape index (κ1) is 14.8. The van der Waals surface area contributed by atoms with Crippen LogP contribution in [0.5, 0.6) is 5.75 Å². The fraction of sp³-hybridized carbons (Fsp3) is 0.643. The number of hydrogen-bond donors (Lipinski definition) is 1. The summed E-state index contributed by atoms with van der Waals surface area (Å²) in [6.07, 6.45) is 3.53. The molecule has 0 radical (unpaired) electrons. The van der Waals surface area contributed by atoms with Crippen molar-refractivity contribution in [3.8, 4) is 5.75 Å². The summed E-state index contributed by atoms with van der Waals surface area (Å²) in [6.45, 7) is 10.5. The number of anilines is 1. The van der Waals surface area contributed by atoms with Gasteiger partial charge >= 0.3 is 0 Å². The average Bonchev–Trinajstić information content (AvgIpc) is 2.34. The van der Waals surface area contributed by atoms with Crippen LogP contribution < -0.4 is 10.1 Å². The van der Waals surface area contributed by atoms with Crippen LogP contribution in [0.25, 0.3) is 0 Å². The first-order valence-electron chi connectivity index (χ1n) is 6.56. The predicted molar refractivity (Wildman–Crippen MR) is 76.3 cm³/mol. The van der Waals surface area contributed by atoms with Crippen LogP contribution in [0.4, 0.5) is 5.69 Å². The fourth-order valence-corrected chi connectivity index (χ4v) is 2.02. The third-order valence-electron chi connectivity index (χ3n) is 2.95. The van der Waals surface area contributed by atoms with Gasteiger partial charge in [0.05, 0.1) is 18.1 Å². The maximum absolute atomic E-state index is 5.74. The van der Waals surface area contributed by atoms with Gasteiger partial charge in [-0.1, -0.05) is 0 Å². The smallest absolute Gasteiger partial charge is 0.139 e. The molecule has 0 aliphatic heterocycles. The lowest BCUT2D eigenvalue weighted by Gasteiger charge is -2.30. The van der Waals surface area contributed by atoms with Gasteiger partial charge < -0.3 is 10.1 Å². The highest BCUT2D eigenvalue weighted by atomic mass is 16.5. The molecule has 0 spiro atoms. The SMILES string of the molecule is CNc1cncc(OCCN(C(C)C)C(C)C)c1. The van der Waals surface area contributed by atoms with E-state index in [0.717, 1.165) is 18.0 Å². The molecule has 4 nitrogen and oxygen atoms in total. The Morgan fingerprint density at radius 2 is 1.89 bits per heavy atom. The number of rotatable bonds is 7. The van der Waals surface area contributed by atoms with Crippen molar-refractivity contribution in [3.05, 3.63) is 18.5 Å². The maximum Gasteiger partial charge on any atom is 0.139 e. The third-order valence-corrected chi connectivity index (χ3v) is 2.95. The minimum absolute atomic E-state index is 0.537. The Balaban J connectivity index is 2.44. The molecule has 1 N–H and O–H groups in total. The van der Waals surface area contributed by atoms with E-state index in [-0.39, 0.29) is 0 Å². The number of nitrogens with one attached hydrogen (secondary N) is 1. The summed E-state index contributed by atoms with van der Waals surface area (Å²) in [7, 11) is 1.88. The zero-order chi connectivity index (χ0) is 13.5. The van der Waals surface area contributed by atoms with Crippen molar-refractivity contribution in [1.82, 2.24) is 9.88 Å². The van der Waals surface area contributed by atoms with Crippen LogP contribution in [-0.4, -0.2) is 42.2 Å². The molecular formula is C14H25N3O. The van der Waals surface area contributed by atoms with E-state index in [1.54, 1.807) is 12.4 Å². The van der Waals surface area contributed by atoms with Crippen molar-refractivity contribution in [2.24, 2.45) is 0 Å². The molecule has 0 unspecified atom stereocenters. The molecule has 1 rings (SSSR count). The summed E-state index contributed by atoms with van der Waals surface area (Å²) in [4.78, 5) is 6.53. The van der Waals surface area contributed by atoms with Gasteiger partial charge in [-0.15, -0.1) is 0 Å². The third kappa shape index (κ3) is 4.53. The Hall–Kier alpha value is -1.29. The van der Waals surface area contributed by atoms with Gasteiger partial charge in [0.2, 0.25) is 0 Å². The molecule has 1 heterocycles. The molecule has 1 aromatic heterocycles. The lowest BCUT2D eigenvalue weighted by molar-refractivity contribution is 0.142. The number of pyridine rings is 1. The Labute approximate surface area is 110 Å². The molecule has 0 saturated heterocycles. The van der Waals surface area contributed by atoms with Crippen LogP contribution in [-0.2, 0) is 0 Å². The quantitative estimate of drug-likeness (QED) is 0.808. The van der Waals surface area contributed by atoms with Crippen LogP contribution >= 0.6 is 0 Å². The monoisotopic (exact) mass is 251 g/mol. The van der Waals surface area contributed by atoms with Gasteiger partial charge in [-0.05, 0) is 27.7 Å². The van der Waals surface area contributed by atoms with Gasteiger partial charge in [-0.2, -0.15) is 0 Å². The van der Waals surface area contributed by atoms with Crippen molar-refractivity contribution in [2.75, 3.05) is 25.5 Å². The number of nitrogens with zero attached hydrogens (tertiary/aromatic N) is 2. The van der Waals surface area contributed by atoms with Crippen molar-refractivity contribution >= 4 is 5.69 Å². The largest absolute Gasteiger partial charge is 0.491 e. The van der Waals surface area contributed by atoms with Crippen molar-refractivity contribution in [3.63, 3.8) is 0 Å². The van der Waals surface area contributed by atoms with E-state index in [2.05, 4.69) is 42.9 Å². The summed E-state index contributed by atoms with van der Waals surface area (Å²) >= 11 is 0. The zero-order valence-electron chi connectivity index (χ0n) is 12.1. The van der Waals surface area contributed by atoms with E-state index in [4.69, 9.17) is 4.74 Å². The van der Waals surface area contributed by atoms with Crippen LogP contribution in [0.1, 0.15) is 27.7 Å². The number of ether oxygens (including phenoxy) is 1. The van der Waals surface area contributed by atoms with Gasteiger partial charge in [0.25, 0.3) is 0 Å². The molecule has 1 aromatic rings. The molecule has 102 valence electrons. The van der Waals surface area contributed by atoms with Gasteiger partial charge in [-0.25, -0.2) is 0 Å². The molecule has 0 bridgehead atoms. The summed E-state index contributed by atoms with van der Waals surface area (Å²) in [5, 5.41) is 3.05. The molecule has 0 aliphatic carbocycles. The Morgan fingerprint density at radius 3 is 2.44 bits per heavy atom. The standard InChI is InChI=1S/C14H25N3O/c1-11(2)17(12(3)4)6-7-18-14-8-13(15-5)9-16-10-14/h8-12,15H,6-7H2,1-5H3. The fourth-order valence-electron chi connectivity index (χ4n) is 2.02. The molecule has 0 fully saturated rings. The van der Waals surface area contributed by atoms with Crippen LogP contribution in [0.3, 0.4) is 0 Å². The Morgan fingerprint density at radius 1 is 1.22 bits per heavy atom. The van der Waals surface area contributed by atoms with Crippen molar-refractivity contribution in [1.29, 1.82) is 0 Å². The molecule has 0 saturated carbocycles. The van der Waals surface area contributed by atoms with Gasteiger partial charge in [-0.3, -0.25) is 9.88 Å². The predicted octanol–water partition coefficient (Wildman–Crippen LogP) is 2.62. The number of aromatic nitrogens is 1. The van der Waals surface area contributed by atoms with Crippen molar-refractivity contribution in [2.45, 2.75) is 39.8 Å². The first-order valence-corrected chi connectivity index (χ1v) is 6.56. The second kappa shape index (κ2) is 7.21. The maximum atomic E-state index is 5.74. The molecule has 18 heavy (non-hydrogen) atoms. The molecular weight excluding hydrogens is 226 g/mol. The highest BCUT2D eigenvalue weighted by molar-refractivity contribution is 5.44. The zero-order valence-corrected chi connectivity index (χ0v) is 12.1. The Bertz CT molecular complexity index is 345. The lowest BCUT2D eigenvalue weighted by Crippen LogP contribution is -2.39. The Kier molecular flexibility index (Phi) is 5.92. The molecule has 4 heteroatoms.